The summed E-state index contributed by atoms with van der Waals surface area (Å²) in [7, 11) is 3.92. The average Bonchev–Trinajstić information content (AvgIpc) is 3.03. The Hall–Kier alpha value is -3.17. The minimum atomic E-state index is -0.521. The Bertz CT molecular complexity index is 1050. The summed E-state index contributed by atoms with van der Waals surface area (Å²) in [5, 5.41) is 22.2. The highest BCUT2D eigenvalue weighted by Crippen LogP contribution is 2.30. The van der Waals surface area contributed by atoms with Crippen LogP contribution in [-0.2, 0) is 4.79 Å². The number of carbonyl (C=O) groups excluding carboxylic acids is 1. The van der Waals surface area contributed by atoms with E-state index in [2.05, 4.69) is 15.5 Å². The molecule has 0 aliphatic carbocycles. The molecule has 1 heterocycles. The van der Waals surface area contributed by atoms with Crippen molar-refractivity contribution < 1.29 is 9.72 Å². The lowest BCUT2D eigenvalue weighted by molar-refractivity contribution is -0.384. The molecule has 2 aromatic rings. The van der Waals surface area contributed by atoms with Crippen LogP contribution in [0.1, 0.15) is 11.1 Å². The first-order chi connectivity index (χ1) is 13.8. The molecule has 0 saturated carbocycles. The van der Waals surface area contributed by atoms with Crippen molar-refractivity contribution in [3.63, 3.8) is 0 Å². The number of amidine groups is 1. The van der Waals surface area contributed by atoms with Gasteiger partial charge in [-0.25, -0.2) is 0 Å². The number of nitro benzene ring substituents is 1. The van der Waals surface area contributed by atoms with Gasteiger partial charge in [0, 0.05) is 42.5 Å². The van der Waals surface area contributed by atoms with Crippen LogP contribution in [0.3, 0.4) is 0 Å². The predicted octanol–water partition coefficient (Wildman–Crippen LogP) is 3.91. The summed E-state index contributed by atoms with van der Waals surface area (Å²) < 4.78 is 0. The summed E-state index contributed by atoms with van der Waals surface area (Å²) in [5.41, 5.74) is 2.21. The molecule has 0 aromatic heterocycles. The predicted molar refractivity (Wildman–Crippen MR) is 118 cm³/mol. The number of rotatable bonds is 5. The summed E-state index contributed by atoms with van der Waals surface area (Å²) in [6.45, 7) is 0. The molecule has 0 bridgehead atoms. The highest BCUT2D eigenvalue weighted by molar-refractivity contribution is 8.18. The monoisotopic (exact) mass is 429 g/mol. The molecule has 3 rings (SSSR count). The molecule has 1 aliphatic rings. The molecule has 0 atom stereocenters. The normalized spacial score (nSPS) is 16.6. The third-order valence-corrected chi connectivity index (χ3v) is 5.14. The number of nitrogens with one attached hydrogen (secondary N) is 1. The van der Waals surface area contributed by atoms with Gasteiger partial charge in [0.15, 0.2) is 5.17 Å². The van der Waals surface area contributed by atoms with Gasteiger partial charge < -0.3 is 4.90 Å². The van der Waals surface area contributed by atoms with E-state index in [1.807, 2.05) is 43.3 Å². The molecule has 0 radical (unpaired) electrons. The van der Waals surface area contributed by atoms with E-state index in [0.29, 0.717) is 20.7 Å². The van der Waals surface area contributed by atoms with Crippen LogP contribution in [0.5, 0.6) is 0 Å². The molecule has 2 aromatic carbocycles. The Morgan fingerprint density at radius 3 is 2.59 bits per heavy atom. The van der Waals surface area contributed by atoms with Crippen molar-refractivity contribution in [1.29, 1.82) is 0 Å². The number of halogens is 1. The molecule has 8 nitrogen and oxygen atoms in total. The van der Waals surface area contributed by atoms with Crippen LogP contribution in [0, 0.1) is 10.1 Å². The van der Waals surface area contributed by atoms with Gasteiger partial charge in [-0.1, -0.05) is 23.7 Å². The van der Waals surface area contributed by atoms with E-state index < -0.39 is 4.92 Å². The van der Waals surface area contributed by atoms with E-state index in [4.69, 9.17) is 11.6 Å². The minimum Gasteiger partial charge on any atom is -0.378 e. The third-order valence-electron chi connectivity index (χ3n) is 3.89. The number of benzene rings is 2. The number of hydrogen-bond acceptors (Lipinski definition) is 7. The molecular weight excluding hydrogens is 414 g/mol. The fraction of sp³-hybridized carbons (Fsp3) is 0.105. The Morgan fingerprint density at radius 1 is 1.21 bits per heavy atom. The number of thioether (sulfide) groups is 1. The Labute approximate surface area is 176 Å². The molecule has 148 valence electrons. The van der Waals surface area contributed by atoms with Crippen molar-refractivity contribution in [2.24, 2.45) is 10.2 Å². The highest BCUT2D eigenvalue weighted by atomic mass is 35.5. The summed E-state index contributed by atoms with van der Waals surface area (Å²) in [6, 6.07) is 11.8. The SMILES string of the molecule is CN(C)c1ccc(/C=N\N=C2/NC(=O)/C(=C\c3cc([N+](=O)[O-])ccc3Cl)S2)cc1. The molecule has 1 aliphatic heterocycles. The number of hydrogen-bond donors (Lipinski definition) is 1. The van der Waals surface area contributed by atoms with Gasteiger partial charge in [-0.3, -0.25) is 20.2 Å². The second-order valence-electron chi connectivity index (χ2n) is 6.16. The van der Waals surface area contributed by atoms with Crippen LogP contribution >= 0.6 is 23.4 Å². The molecular formula is C19H16ClN5O3S. The van der Waals surface area contributed by atoms with Gasteiger partial charge in [-0.2, -0.15) is 5.10 Å². The maximum Gasteiger partial charge on any atom is 0.270 e. The lowest BCUT2D eigenvalue weighted by Gasteiger charge is -2.11. The Kier molecular flexibility index (Phi) is 6.30. The zero-order chi connectivity index (χ0) is 21.0. The summed E-state index contributed by atoms with van der Waals surface area (Å²) in [5.74, 6) is -0.373. The summed E-state index contributed by atoms with van der Waals surface area (Å²) in [6.07, 6.45) is 3.07. The van der Waals surface area contributed by atoms with Crippen molar-refractivity contribution in [3.05, 3.63) is 73.6 Å². The van der Waals surface area contributed by atoms with Gasteiger partial charge in [0.2, 0.25) is 0 Å². The fourth-order valence-electron chi connectivity index (χ4n) is 2.38. The van der Waals surface area contributed by atoms with Gasteiger partial charge in [-0.15, -0.1) is 5.10 Å². The number of carbonyl (C=O) groups is 1. The Balaban J connectivity index is 1.73. The topological polar surface area (TPSA) is 100 Å². The second-order valence-corrected chi connectivity index (χ2v) is 7.60. The number of amides is 1. The molecule has 1 amide bonds. The first-order valence-corrected chi connectivity index (χ1v) is 9.56. The summed E-state index contributed by atoms with van der Waals surface area (Å²) >= 11 is 7.16. The van der Waals surface area contributed by atoms with Gasteiger partial charge in [0.1, 0.15) is 0 Å². The van der Waals surface area contributed by atoms with Gasteiger partial charge in [0.25, 0.3) is 11.6 Å². The molecule has 1 N–H and O–H groups in total. The number of nitrogens with zero attached hydrogens (tertiary/aromatic N) is 4. The van der Waals surface area contributed by atoms with Gasteiger partial charge in [-0.05, 0) is 41.6 Å². The number of nitro groups is 1. The fourth-order valence-corrected chi connectivity index (χ4v) is 3.32. The van der Waals surface area contributed by atoms with Crippen molar-refractivity contribution >= 4 is 58.1 Å². The smallest absolute Gasteiger partial charge is 0.270 e. The third kappa shape index (κ3) is 5.21. The van der Waals surface area contributed by atoms with Crippen LogP contribution in [0.25, 0.3) is 6.08 Å². The molecule has 10 heteroatoms. The van der Waals surface area contributed by atoms with Crippen molar-refractivity contribution in [1.82, 2.24) is 5.32 Å². The van der Waals surface area contributed by atoms with E-state index in [0.717, 1.165) is 23.0 Å². The van der Waals surface area contributed by atoms with Gasteiger partial charge in [0.05, 0.1) is 16.0 Å². The van der Waals surface area contributed by atoms with Crippen molar-refractivity contribution in [2.75, 3.05) is 19.0 Å². The van der Waals surface area contributed by atoms with E-state index in [-0.39, 0.29) is 11.6 Å². The number of anilines is 1. The highest BCUT2D eigenvalue weighted by Gasteiger charge is 2.24. The largest absolute Gasteiger partial charge is 0.378 e. The first kappa shape index (κ1) is 20.6. The Morgan fingerprint density at radius 2 is 1.93 bits per heavy atom. The molecule has 0 unspecified atom stereocenters. The van der Waals surface area contributed by atoms with Crippen LogP contribution in [0.2, 0.25) is 5.02 Å². The zero-order valence-corrected chi connectivity index (χ0v) is 17.1. The molecule has 29 heavy (non-hydrogen) atoms. The zero-order valence-electron chi connectivity index (χ0n) is 15.5. The average molecular weight is 430 g/mol. The lowest BCUT2D eigenvalue weighted by atomic mass is 10.2. The lowest BCUT2D eigenvalue weighted by Crippen LogP contribution is -2.19. The first-order valence-electron chi connectivity index (χ1n) is 8.37. The van der Waals surface area contributed by atoms with Crippen LogP contribution in [0.4, 0.5) is 11.4 Å². The molecule has 0 spiro atoms. The van der Waals surface area contributed by atoms with E-state index in [9.17, 15) is 14.9 Å². The summed E-state index contributed by atoms with van der Waals surface area (Å²) in [4.78, 5) is 24.9. The van der Waals surface area contributed by atoms with E-state index >= 15 is 0 Å². The van der Waals surface area contributed by atoms with Crippen LogP contribution in [0.15, 0.2) is 57.6 Å². The standard InChI is InChI=1S/C19H16ClN5O3S/c1-24(2)14-5-3-12(4-6-14)11-21-23-19-22-18(26)17(29-19)10-13-9-15(25(27)28)7-8-16(13)20/h3-11H,1-2H3,(H,22,23,26)/b17-10+,21-11-. The van der Waals surface area contributed by atoms with Crippen molar-refractivity contribution in [3.8, 4) is 0 Å². The maximum atomic E-state index is 12.1. The second kappa shape index (κ2) is 8.89. The van der Waals surface area contributed by atoms with Crippen LogP contribution < -0.4 is 10.2 Å². The van der Waals surface area contributed by atoms with Crippen LogP contribution in [-0.4, -0.2) is 36.3 Å². The van der Waals surface area contributed by atoms with Crippen molar-refractivity contribution in [2.45, 2.75) is 0 Å². The van der Waals surface area contributed by atoms with E-state index in [1.54, 1.807) is 6.21 Å². The molecule has 1 fully saturated rings. The van der Waals surface area contributed by atoms with Gasteiger partial charge >= 0.3 is 0 Å². The number of non-ortho nitro benzene ring substituents is 1. The molecule has 1 saturated heterocycles. The van der Waals surface area contributed by atoms with E-state index in [1.165, 1.54) is 24.3 Å². The quantitative estimate of drug-likeness (QED) is 0.336. The minimum absolute atomic E-state index is 0.108. The maximum absolute atomic E-state index is 12.1.